The molecular weight excluding hydrogens is 291 g/mol. The third kappa shape index (κ3) is 3.32. The maximum absolute atomic E-state index is 12.3. The molecule has 1 heterocycles. The predicted molar refractivity (Wildman–Crippen MR) is 68.7 cm³/mol. The van der Waals surface area contributed by atoms with E-state index in [0.717, 1.165) is 12.0 Å². The number of anilines is 1. The average molecular weight is 301 g/mol. The highest BCUT2D eigenvalue weighted by Crippen LogP contribution is 2.33. The zero-order chi connectivity index (χ0) is 14.8. The molecule has 2 aromatic rings. The summed E-state index contributed by atoms with van der Waals surface area (Å²) >= 11 is 0.291. The molecule has 0 aliphatic rings. The van der Waals surface area contributed by atoms with Gasteiger partial charge in [0.05, 0.1) is 0 Å². The highest BCUT2D eigenvalue weighted by molar-refractivity contribution is 7.15. The highest BCUT2D eigenvalue weighted by Gasteiger charge is 2.35. The predicted octanol–water partition coefficient (Wildman–Crippen LogP) is 3.37. The summed E-state index contributed by atoms with van der Waals surface area (Å²) < 4.78 is 37.0. The van der Waals surface area contributed by atoms with E-state index in [4.69, 9.17) is 0 Å². The summed E-state index contributed by atoms with van der Waals surface area (Å²) in [6, 6.07) is 6.80. The molecule has 1 amide bonds. The number of benzene rings is 1. The van der Waals surface area contributed by atoms with Gasteiger partial charge in [-0.3, -0.25) is 10.1 Å². The zero-order valence-electron chi connectivity index (χ0n) is 10.4. The molecule has 8 heteroatoms. The van der Waals surface area contributed by atoms with Gasteiger partial charge in [-0.15, -0.1) is 10.2 Å². The molecule has 0 unspecified atom stereocenters. The third-order valence-electron chi connectivity index (χ3n) is 2.51. The normalized spacial score (nSPS) is 11.4. The number of nitrogens with one attached hydrogen (secondary N) is 1. The highest BCUT2D eigenvalue weighted by atomic mass is 32.1. The van der Waals surface area contributed by atoms with Crippen LogP contribution in [0.5, 0.6) is 0 Å². The molecule has 0 saturated heterocycles. The number of nitrogens with zero attached hydrogens (tertiary/aromatic N) is 2. The Kier molecular flexibility index (Phi) is 4.03. The molecule has 0 saturated carbocycles. The molecule has 0 radical (unpaired) electrons. The van der Waals surface area contributed by atoms with Gasteiger partial charge in [0.15, 0.2) is 0 Å². The second-order valence-electron chi connectivity index (χ2n) is 3.91. The van der Waals surface area contributed by atoms with Gasteiger partial charge in [0.25, 0.3) is 5.91 Å². The molecule has 1 aromatic carbocycles. The van der Waals surface area contributed by atoms with Crippen molar-refractivity contribution in [1.29, 1.82) is 0 Å². The Morgan fingerprint density at radius 2 is 1.90 bits per heavy atom. The Morgan fingerprint density at radius 3 is 2.40 bits per heavy atom. The fourth-order valence-electron chi connectivity index (χ4n) is 1.45. The van der Waals surface area contributed by atoms with Gasteiger partial charge in [-0.1, -0.05) is 30.4 Å². The van der Waals surface area contributed by atoms with Gasteiger partial charge in [-0.2, -0.15) is 13.2 Å². The molecule has 20 heavy (non-hydrogen) atoms. The van der Waals surface area contributed by atoms with E-state index in [-0.39, 0.29) is 5.13 Å². The van der Waals surface area contributed by atoms with Crippen LogP contribution in [0.4, 0.5) is 18.3 Å². The van der Waals surface area contributed by atoms with Crippen molar-refractivity contribution in [3.63, 3.8) is 0 Å². The Hall–Kier alpha value is -1.96. The molecule has 0 spiro atoms. The number of amides is 1. The lowest BCUT2D eigenvalue weighted by molar-refractivity contribution is -0.138. The van der Waals surface area contributed by atoms with Crippen LogP contribution in [-0.4, -0.2) is 16.1 Å². The first-order chi connectivity index (χ1) is 9.40. The van der Waals surface area contributed by atoms with Crippen molar-refractivity contribution in [2.24, 2.45) is 0 Å². The van der Waals surface area contributed by atoms with Crippen LogP contribution in [0, 0.1) is 0 Å². The summed E-state index contributed by atoms with van der Waals surface area (Å²) in [5.41, 5.74) is 1.42. The molecule has 0 bridgehead atoms. The fraction of sp³-hybridized carbons (Fsp3) is 0.250. The average Bonchev–Trinajstić information content (AvgIpc) is 2.87. The first-order valence-electron chi connectivity index (χ1n) is 5.71. The van der Waals surface area contributed by atoms with Crippen molar-refractivity contribution < 1.29 is 18.0 Å². The number of halogens is 3. The Bertz CT molecular complexity index is 607. The first kappa shape index (κ1) is 14.4. The van der Waals surface area contributed by atoms with Gasteiger partial charge in [0.2, 0.25) is 10.1 Å². The zero-order valence-corrected chi connectivity index (χ0v) is 11.2. The summed E-state index contributed by atoms with van der Waals surface area (Å²) in [5, 5.41) is 7.32. The molecule has 0 atom stereocenters. The van der Waals surface area contributed by atoms with Crippen LogP contribution >= 0.6 is 11.3 Å². The van der Waals surface area contributed by atoms with E-state index in [9.17, 15) is 18.0 Å². The van der Waals surface area contributed by atoms with E-state index in [1.807, 2.05) is 6.92 Å². The third-order valence-corrected chi connectivity index (χ3v) is 3.40. The smallest absolute Gasteiger partial charge is 0.296 e. The maximum Gasteiger partial charge on any atom is 0.445 e. The minimum atomic E-state index is -4.55. The van der Waals surface area contributed by atoms with Crippen LogP contribution < -0.4 is 5.32 Å². The largest absolute Gasteiger partial charge is 0.445 e. The van der Waals surface area contributed by atoms with Crippen molar-refractivity contribution in [3.05, 3.63) is 40.4 Å². The quantitative estimate of drug-likeness (QED) is 0.945. The number of hydrogen-bond donors (Lipinski definition) is 1. The lowest BCUT2D eigenvalue weighted by Gasteiger charge is -2.02. The van der Waals surface area contributed by atoms with Crippen LogP contribution in [0.25, 0.3) is 0 Å². The van der Waals surface area contributed by atoms with E-state index in [0.29, 0.717) is 16.9 Å². The summed E-state index contributed by atoms with van der Waals surface area (Å²) in [6.45, 7) is 1.98. The number of rotatable bonds is 3. The van der Waals surface area contributed by atoms with Crippen LogP contribution in [0.15, 0.2) is 24.3 Å². The van der Waals surface area contributed by atoms with Crippen molar-refractivity contribution in [2.75, 3.05) is 5.32 Å². The molecule has 0 aliphatic carbocycles. The molecule has 106 valence electrons. The summed E-state index contributed by atoms with van der Waals surface area (Å²) in [5.74, 6) is -0.516. The number of hydrogen-bond acceptors (Lipinski definition) is 4. The van der Waals surface area contributed by atoms with Crippen LogP contribution in [-0.2, 0) is 12.6 Å². The number of alkyl halides is 3. The number of carbonyl (C=O) groups excluding carboxylic acids is 1. The fourth-order valence-corrected chi connectivity index (χ4v) is 2.06. The van der Waals surface area contributed by atoms with Gasteiger partial charge < -0.3 is 0 Å². The monoisotopic (exact) mass is 301 g/mol. The van der Waals surface area contributed by atoms with E-state index < -0.39 is 17.1 Å². The summed E-state index contributed by atoms with van der Waals surface area (Å²) in [6.07, 6.45) is -3.71. The van der Waals surface area contributed by atoms with E-state index >= 15 is 0 Å². The standard InChI is InChI=1S/C12H10F3N3OS/c1-2-7-3-5-8(6-4-7)9(19)16-11-18-17-10(20-11)12(13,14)15/h3-6H,2H2,1H3,(H,16,18,19). The van der Waals surface area contributed by atoms with Gasteiger partial charge in [0, 0.05) is 5.56 Å². The van der Waals surface area contributed by atoms with Gasteiger partial charge >= 0.3 is 6.18 Å². The van der Waals surface area contributed by atoms with Crippen LogP contribution in [0.2, 0.25) is 0 Å². The topological polar surface area (TPSA) is 54.9 Å². The molecule has 1 N–H and O–H groups in total. The van der Waals surface area contributed by atoms with E-state index in [1.54, 1.807) is 24.3 Å². The SMILES string of the molecule is CCc1ccc(C(=O)Nc2nnc(C(F)(F)F)s2)cc1. The summed E-state index contributed by atoms with van der Waals surface area (Å²) in [7, 11) is 0. The molecule has 1 aromatic heterocycles. The van der Waals surface area contributed by atoms with Crippen molar-refractivity contribution in [2.45, 2.75) is 19.5 Å². The van der Waals surface area contributed by atoms with Gasteiger partial charge in [-0.25, -0.2) is 0 Å². The maximum atomic E-state index is 12.3. The molecule has 0 fully saturated rings. The van der Waals surface area contributed by atoms with E-state index in [2.05, 4.69) is 15.5 Å². The van der Waals surface area contributed by atoms with E-state index in [1.165, 1.54) is 0 Å². The Balaban J connectivity index is 2.09. The lowest BCUT2D eigenvalue weighted by atomic mass is 10.1. The Labute approximate surface area is 116 Å². The summed E-state index contributed by atoms with van der Waals surface area (Å²) in [4.78, 5) is 11.8. The molecule has 0 aliphatic heterocycles. The van der Waals surface area contributed by atoms with Gasteiger partial charge in [0.1, 0.15) is 0 Å². The molecule has 2 rings (SSSR count). The first-order valence-corrected chi connectivity index (χ1v) is 6.53. The number of aryl methyl sites for hydroxylation is 1. The Morgan fingerprint density at radius 1 is 1.25 bits per heavy atom. The number of aromatic nitrogens is 2. The second kappa shape index (κ2) is 5.58. The van der Waals surface area contributed by atoms with Crippen molar-refractivity contribution >= 4 is 22.4 Å². The van der Waals surface area contributed by atoms with Crippen LogP contribution in [0.1, 0.15) is 27.9 Å². The number of carbonyl (C=O) groups is 1. The molecule has 4 nitrogen and oxygen atoms in total. The minimum absolute atomic E-state index is 0.179. The van der Waals surface area contributed by atoms with Crippen molar-refractivity contribution in [1.82, 2.24) is 10.2 Å². The van der Waals surface area contributed by atoms with Gasteiger partial charge in [-0.05, 0) is 24.1 Å². The molecular formula is C12H10F3N3OS. The van der Waals surface area contributed by atoms with Crippen LogP contribution in [0.3, 0.4) is 0 Å². The lowest BCUT2D eigenvalue weighted by Crippen LogP contribution is -2.11. The minimum Gasteiger partial charge on any atom is -0.296 e. The van der Waals surface area contributed by atoms with Crippen molar-refractivity contribution in [3.8, 4) is 0 Å². The second-order valence-corrected chi connectivity index (χ2v) is 4.89.